The van der Waals surface area contributed by atoms with E-state index >= 15 is 0 Å². The van der Waals surface area contributed by atoms with E-state index in [2.05, 4.69) is 35.0 Å². The highest BCUT2D eigenvalue weighted by Crippen LogP contribution is 2.28. The molecular weight excluding hydrogens is 274 g/mol. The molecule has 1 aliphatic carbocycles. The number of piperazine rings is 1. The fraction of sp³-hybridized carbons (Fsp3) is 0.667. The van der Waals surface area contributed by atoms with E-state index < -0.39 is 0 Å². The van der Waals surface area contributed by atoms with Crippen LogP contribution >= 0.6 is 0 Å². The molecule has 22 heavy (non-hydrogen) atoms. The molecule has 1 saturated heterocycles. The highest BCUT2D eigenvalue weighted by molar-refractivity contribution is 5.28. The number of nitrogens with zero attached hydrogens (tertiary/aromatic N) is 2. The molecule has 0 bridgehead atoms. The smallest absolute Gasteiger partial charge is 0.120 e. The van der Waals surface area contributed by atoms with Crippen LogP contribution in [-0.4, -0.2) is 55.2 Å². The standard InChI is InChI=1S/C18H29N3O/c1-20-9-11-21(12-10-20)17-7-2-3-8-18(17)22-16-6-4-5-15(13-16)14-19/h4-6,13,17-18H,2-3,7-12,14,19H2,1H3. The third-order valence-corrected chi connectivity index (χ3v) is 5.10. The fourth-order valence-electron chi connectivity index (χ4n) is 3.71. The Morgan fingerprint density at radius 3 is 2.68 bits per heavy atom. The van der Waals surface area contributed by atoms with E-state index in [-0.39, 0.29) is 0 Å². The molecule has 1 aromatic carbocycles. The van der Waals surface area contributed by atoms with Gasteiger partial charge in [-0.15, -0.1) is 0 Å². The van der Waals surface area contributed by atoms with E-state index in [0.29, 0.717) is 18.7 Å². The highest BCUT2D eigenvalue weighted by atomic mass is 16.5. The van der Waals surface area contributed by atoms with Gasteiger partial charge in [-0.1, -0.05) is 18.6 Å². The summed E-state index contributed by atoms with van der Waals surface area (Å²) in [5.74, 6) is 0.981. The molecule has 2 unspecified atom stereocenters. The van der Waals surface area contributed by atoms with Crippen LogP contribution in [0.4, 0.5) is 0 Å². The summed E-state index contributed by atoms with van der Waals surface area (Å²) < 4.78 is 6.38. The van der Waals surface area contributed by atoms with Crippen LogP contribution < -0.4 is 10.5 Å². The predicted octanol–water partition coefficient (Wildman–Crippen LogP) is 2.08. The van der Waals surface area contributed by atoms with Crippen molar-refractivity contribution in [3.63, 3.8) is 0 Å². The second kappa shape index (κ2) is 7.44. The van der Waals surface area contributed by atoms with Crippen molar-refractivity contribution in [3.8, 4) is 5.75 Å². The third kappa shape index (κ3) is 3.80. The zero-order valence-corrected chi connectivity index (χ0v) is 13.7. The molecule has 1 aromatic rings. The Labute approximate surface area is 134 Å². The minimum Gasteiger partial charge on any atom is -0.489 e. The maximum atomic E-state index is 6.38. The molecule has 2 aliphatic rings. The molecule has 1 heterocycles. The molecular formula is C18H29N3O. The number of likely N-dealkylation sites (N-methyl/N-ethyl adjacent to an activating group) is 1. The summed E-state index contributed by atoms with van der Waals surface area (Å²) in [5, 5.41) is 0. The monoisotopic (exact) mass is 303 g/mol. The first-order chi connectivity index (χ1) is 10.8. The molecule has 4 nitrogen and oxygen atoms in total. The number of hydrogen-bond donors (Lipinski definition) is 1. The van der Waals surface area contributed by atoms with Gasteiger partial charge in [-0.05, 0) is 44.0 Å². The lowest BCUT2D eigenvalue weighted by Gasteiger charge is -2.43. The first-order valence-corrected chi connectivity index (χ1v) is 8.64. The van der Waals surface area contributed by atoms with Gasteiger partial charge in [0.1, 0.15) is 11.9 Å². The van der Waals surface area contributed by atoms with Crippen LogP contribution in [0.15, 0.2) is 24.3 Å². The van der Waals surface area contributed by atoms with Gasteiger partial charge in [0.25, 0.3) is 0 Å². The van der Waals surface area contributed by atoms with E-state index in [1.54, 1.807) is 0 Å². The van der Waals surface area contributed by atoms with E-state index in [1.807, 2.05) is 6.07 Å². The molecule has 2 atom stereocenters. The molecule has 0 radical (unpaired) electrons. The number of nitrogens with two attached hydrogens (primary N) is 1. The van der Waals surface area contributed by atoms with E-state index in [4.69, 9.17) is 10.5 Å². The van der Waals surface area contributed by atoms with Crippen LogP contribution in [0, 0.1) is 0 Å². The van der Waals surface area contributed by atoms with Gasteiger partial charge in [-0.3, -0.25) is 4.90 Å². The lowest BCUT2D eigenvalue weighted by Crippen LogP contribution is -2.54. The summed E-state index contributed by atoms with van der Waals surface area (Å²) in [6.45, 7) is 5.26. The van der Waals surface area contributed by atoms with Crippen LogP contribution in [0.2, 0.25) is 0 Å². The lowest BCUT2D eigenvalue weighted by molar-refractivity contribution is 0.0130. The average molecular weight is 303 g/mol. The fourth-order valence-corrected chi connectivity index (χ4v) is 3.71. The van der Waals surface area contributed by atoms with Crippen molar-refractivity contribution in [3.05, 3.63) is 29.8 Å². The second-order valence-electron chi connectivity index (χ2n) is 6.70. The molecule has 122 valence electrons. The van der Waals surface area contributed by atoms with Crippen molar-refractivity contribution in [2.24, 2.45) is 5.73 Å². The predicted molar refractivity (Wildman–Crippen MR) is 90.1 cm³/mol. The van der Waals surface area contributed by atoms with Gasteiger partial charge in [0.05, 0.1) is 0 Å². The second-order valence-corrected chi connectivity index (χ2v) is 6.70. The Balaban J connectivity index is 1.66. The van der Waals surface area contributed by atoms with Gasteiger partial charge in [-0.25, -0.2) is 0 Å². The minimum atomic E-state index is 0.324. The summed E-state index contributed by atoms with van der Waals surface area (Å²) >= 11 is 0. The number of benzene rings is 1. The summed E-state index contributed by atoms with van der Waals surface area (Å²) in [7, 11) is 2.21. The zero-order chi connectivity index (χ0) is 15.4. The first kappa shape index (κ1) is 15.8. The topological polar surface area (TPSA) is 41.7 Å². The molecule has 4 heteroatoms. The van der Waals surface area contributed by atoms with E-state index in [0.717, 1.165) is 11.3 Å². The van der Waals surface area contributed by atoms with Crippen LogP contribution in [-0.2, 0) is 6.54 Å². The molecule has 0 amide bonds. The van der Waals surface area contributed by atoms with Gasteiger partial charge < -0.3 is 15.4 Å². The van der Waals surface area contributed by atoms with Crippen molar-refractivity contribution in [1.29, 1.82) is 0 Å². The van der Waals surface area contributed by atoms with Crippen molar-refractivity contribution >= 4 is 0 Å². The molecule has 1 saturated carbocycles. The van der Waals surface area contributed by atoms with E-state index in [9.17, 15) is 0 Å². The first-order valence-electron chi connectivity index (χ1n) is 8.64. The molecule has 3 rings (SSSR count). The van der Waals surface area contributed by atoms with Crippen molar-refractivity contribution in [2.75, 3.05) is 33.2 Å². The van der Waals surface area contributed by atoms with Gasteiger partial charge >= 0.3 is 0 Å². The summed E-state index contributed by atoms with van der Waals surface area (Å²) in [6, 6.07) is 8.84. The molecule has 2 fully saturated rings. The highest BCUT2D eigenvalue weighted by Gasteiger charge is 2.33. The third-order valence-electron chi connectivity index (χ3n) is 5.10. The maximum absolute atomic E-state index is 6.38. The summed E-state index contributed by atoms with van der Waals surface area (Å²) in [4.78, 5) is 5.07. The molecule has 2 N–H and O–H groups in total. The average Bonchev–Trinajstić information content (AvgIpc) is 2.56. The van der Waals surface area contributed by atoms with Crippen LogP contribution in [0.3, 0.4) is 0 Å². The lowest BCUT2D eigenvalue weighted by atomic mass is 9.90. The minimum absolute atomic E-state index is 0.324. The SMILES string of the molecule is CN1CCN(C2CCCCC2Oc2cccc(CN)c2)CC1. The van der Waals surface area contributed by atoms with Crippen LogP contribution in [0.25, 0.3) is 0 Å². The van der Waals surface area contributed by atoms with Crippen LogP contribution in [0.5, 0.6) is 5.75 Å². The number of hydrogen-bond acceptors (Lipinski definition) is 4. The normalized spacial score (nSPS) is 27.7. The summed E-state index contributed by atoms with van der Waals surface area (Å²) in [5.41, 5.74) is 6.88. The van der Waals surface area contributed by atoms with Crippen molar-refractivity contribution < 1.29 is 4.74 Å². The van der Waals surface area contributed by atoms with Gasteiger partial charge in [0.2, 0.25) is 0 Å². The molecule has 0 spiro atoms. The molecule has 0 aromatic heterocycles. The Morgan fingerprint density at radius 2 is 1.91 bits per heavy atom. The largest absolute Gasteiger partial charge is 0.489 e. The summed E-state index contributed by atoms with van der Waals surface area (Å²) in [6.07, 6.45) is 5.38. The van der Waals surface area contributed by atoms with Crippen molar-refractivity contribution in [2.45, 2.75) is 44.4 Å². The van der Waals surface area contributed by atoms with Gasteiger partial charge in [-0.2, -0.15) is 0 Å². The van der Waals surface area contributed by atoms with Gasteiger partial charge in [0, 0.05) is 38.8 Å². The van der Waals surface area contributed by atoms with Gasteiger partial charge in [0.15, 0.2) is 0 Å². The zero-order valence-electron chi connectivity index (χ0n) is 13.7. The quantitative estimate of drug-likeness (QED) is 0.925. The Kier molecular flexibility index (Phi) is 5.34. The number of ether oxygens (including phenoxy) is 1. The Bertz CT molecular complexity index is 471. The Hall–Kier alpha value is -1.10. The Morgan fingerprint density at radius 1 is 1.14 bits per heavy atom. The van der Waals surface area contributed by atoms with Crippen molar-refractivity contribution in [1.82, 2.24) is 9.80 Å². The van der Waals surface area contributed by atoms with Crippen LogP contribution in [0.1, 0.15) is 31.2 Å². The maximum Gasteiger partial charge on any atom is 0.120 e. The van der Waals surface area contributed by atoms with E-state index in [1.165, 1.54) is 51.9 Å². The molecule has 1 aliphatic heterocycles. The number of rotatable bonds is 4.